The van der Waals surface area contributed by atoms with Crippen molar-refractivity contribution in [1.82, 2.24) is 0 Å². The smallest absolute Gasteiger partial charge is 0.0618 e. The van der Waals surface area contributed by atoms with Gasteiger partial charge in [-0.25, -0.2) is 0 Å². The molecule has 9 aromatic carbocycles. The molecule has 1 nitrogen and oxygen atoms in total. The van der Waals surface area contributed by atoms with Gasteiger partial charge in [-0.2, -0.15) is 0 Å². The molecule has 262 valence electrons. The molecule has 0 bridgehead atoms. The van der Waals surface area contributed by atoms with Crippen LogP contribution in [0.4, 0.5) is 17.1 Å². The Morgan fingerprint density at radius 3 is 1.31 bits per heavy atom. The van der Waals surface area contributed by atoms with Gasteiger partial charge in [0.2, 0.25) is 0 Å². The normalized spacial score (nSPS) is 14.5. The van der Waals surface area contributed by atoms with Crippen LogP contribution < -0.4 is 4.90 Å². The summed E-state index contributed by atoms with van der Waals surface area (Å²) in [5.74, 6) is 0. The van der Waals surface area contributed by atoms with Crippen LogP contribution in [0.15, 0.2) is 176 Å². The Bertz CT molecular complexity index is 2910. The Balaban J connectivity index is 1.32. The largest absolute Gasteiger partial charge is 0.309 e. The minimum Gasteiger partial charge on any atom is -0.309 e. The zero-order chi connectivity index (χ0) is 37.1. The lowest BCUT2D eigenvalue weighted by molar-refractivity contribution is 0.660. The molecule has 0 saturated heterocycles. The molecule has 2 aliphatic rings. The van der Waals surface area contributed by atoms with E-state index in [0.29, 0.717) is 0 Å². The van der Waals surface area contributed by atoms with Gasteiger partial charge in [-0.15, -0.1) is 0 Å². The predicted molar refractivity (Wildman–Crippen MR) is 234 cm³/mol. The maximum absolute atomic E-state index is 2.57. The van der Waals surface area contributed by atoms with E-state index in [1.807, 2.05) is 0 Å². The third-order valence-electron chi connectivity index (χ3n) is 12.8. The number of para-hydroxylation sites is 2. The van der Waals surface area contributed by atoms with Crippen LogP contribution in [0.25, 0.3) is 65.7 Å². The Hall–Kier alpha value is -6.44. The van der Waals surface area contributed by atoms with Crippen molar-refractivity contribution in [3.63, 3.8) is 0 Å². The van der Waals surface area contributed by atoms with Gasteiger partial charge < -0.3 is 4.90 Å². The Morgan fingerprint density at radius 2 is 0.764 bits per heavy atom. The van der Waals surface area contributed by atoms with Crippen LogP contribution in [-0.2, 0) is 10.8 Å². The van der Waals surface area contributed by atoms with Crippen molar-refractivity contribution in [2.75, 3.05) is 4.90 Å². The molecule has 0 amide bonds. The first-order chi connectivity index (χ1) is 26.9. The highest BCUT2D eigenvalue weighted by atomic mass is 15.1. The van der Waals surface area contributed by atoms with Crippen molar-refractivity contribution in [2.45, 2.75) is 38.5 Å². The zero-order valence-corrected chi connectivity index (χ0v) is 31.7. The van der Waals surface area contributed by atoms with E-state index in [1.165, 1.54) is 93.6 Å². The first-order valence-electron chi connectivity index (χ1n) is 19.5. The zero-order valence-electron chi connectivity index (χ0n) is 31.7. The van der Waals surface area contributed by atoms with Gasteiger partial charge in [0, 0.05) is 33.0 Å². The van der Waals surface area contributed by atoms with Crippen molar-refractivity contribution in [3.05, 3.63) is 198 Å². The molecule has 0 radical (unpaired) electrons. The van der Waals surface area contributed by atoms with Crippen LogP contribution in [-0.4, -0.2) is 0 Å². The van der Waals surface area contributed by atoms with Gasteiger partial charge in [0.1, 0.15) is 0 Å². The number of rotatable bonds is 4. The average Bonchev–Trinajstić information content (AvgIpc) is 3.61. The minimum atomic E-state index is -0.172. The first kappa shape index (κ1) is 32.0. The highest BCUT2D eigenvalue weighted by Crippen LogP contribution is 2.60. The fourth-order valence-electron chi connectivity index (χ4n) is 10.3. The van der Waals surface area contributed by atoms with Gasteiger partial charge in [0.25, 0.3) is 0 Å². The Kier molecular flexibility index (Phi) is 6.72. The first-order valence-corrected chi connectivity index (χ1v) is 19.5. The van der Waals surface area contributed by atoms with Crippen molar-refractivity contribution < 1.29 is 0 Å². The summed E-state index contributed by atoms with van der Waals surface area (Å²) in [5, 5.41) is 7.66. The lowest BCUT2D eigenvalue weighted by Gasteiger charge is -2.30. The van der Waals surface area contributed by atoms with Gasteiger partial charge in [-0.1, -0.05) is 173 Å². The lowest BCUT2D eigenvalue weighted by Crippen LogP contribution is -2.15. The van der Waals surface area contributed by atoms with E-state index >= 15 is 0 Å². The van der Waals surface area contributed by atoms with Crippen LogP contribution in [0.5, 0.6) is 0 Å². The van der Waals surface area contributed by atoms with Crippen LogP contribution in [0.2, 0.25) is 0 Å². The number of anilines is 3. The Morgan fingerprint density at radius 1 is 0.327 bits per heavy atom. The molecule has 1 heteroatoms. The topological polar surface area (TPSA) is 3.24 Å². The molecular formula is C54H41N. The molecule has 0 spiro atoms. The third-order valence-corrected chi connectivity index (χ3v) is 12.8. The second-order valence-electron chi connectivity index (χ2n) is 16.4. The van der Waals surface area contributed by atoms with Crippen molar-refractivity contribution >= 4 is 49.4 Å². The third kappa shape index (κ3) is 4.36. The molecule has 0 unspecified atom stereocenters. The fourth-order valence-corrected chi connectivity index (χ4v) is 10.3. The molecule has 2 aliphatic carbocycles. The average molecular weight is 704 g/mol. The second-order valence-corrected chi connectivity index (χ2v) is 16.4. The van der Waals surface area contributed by atoms with Crippen molar-refractivity contribution in [2.24, 2.45) is 0 Å². The van der Waals surface area contributed by atoms with Crippen molar-refractivity contribution in [1.29, 1.82) is 0 Å². The molecule has 0 saturated carbocycles. The molecule has 11 rings (SSSR count). The van der Waals surface area contributed by atoms with E-state index in [4.69, 9.17) is 0 Å². The quantitative estimate of drug-likeness (QED) is 0.165. The number of hydrogen-bond donors (Lipinski definition) is 0. The van der Waals surface area contributed by atoms with Crippen LogP contribution in [0.3, 0.4) is 0 Å². The Labute approximate surface area is 323 Å². The number of benzene rings is 9. The molecule has 9 aromatic rings. The summed E-state index contributed by atoms with van der Waals surface area (Å²) in [6, 6.07) is 65.5. The predicted octanol–water partition coefficient (Wildman–Crippen LogP) is 14.9. The second kappa shape index (κ2) is 11.5. The van der Waals surface area contributed by atoms with E-state index < -0.39 is 0 Å². The molecule has 0 fully saturated rings. The monoisotopic (exact) mass is 703 g/mol. The molecular weight excluding hydrogens is 663 g/mol. The molecule has 0 atom stereocenters. The van der Waals surface area contributed by atoms with Crippen LogP contribution in [0, 0.1) is 0 Å². The van der Waals surface area contributed by atoms with E-state index in [-0.39, 0.29) is 10.8 Å². The highest BCUT2D eigenvalue weighted by molar-refractivity contribution is 6.26. The highest BCUT2D eigenvalue weighted by Gasteiger charge is 2.42. The maximum Gasteiger partial charge on any atom is 0.0618 e. The standard InChI is InChI=1S/C54H41N/c1-53(2)44-29-17-15-27-41(44)49-46(53)32-31-38-43(33-47-50(51(38)49)42-28-16-18-30-45(42)54(47,3)4)48-36-23-11-13-25-39(36)52(40-26-14-12-24-37(40)48)55(34-19-7-5-8-20-34)35-21-9-6-10-22-35/h5-33H,1-4H3. The number of nitrogens with zero attached hydrogens (tertiary/aromatic N) is 1. The molecule has 0 N–H and O–H groups in total. The van der Waals surface area contributed by atoms with E-state index in [2.05, 4.69) is 209 Å². The van der Waals surface area contributed by atoms with E-state index in [1.54, 1.807) is 0 Å². The summed E-state index contributed by atoms with van der Waals surface area (Å²) in [6.45, 7) is 9.64. The molecule has 0 heterocycles. The number of hydrogen-bond acceptors (Lipinski definition) is 1. The van der Waals surface area contributed by atoms with E-state index in [9.17, 15) is 0 Å². The summed E-state index contributed by atoms with van der Waals surface area (Å²) < 4.78 is 0. The van der Waals surface area contributed by atoms with Gasteiger partial charge in [-0.3, -0.25) is 0 Å². The molecule has 0 aliphatic heterocycles. The van der Waals surface area contributed by atoms with Crippen LogP contribution >= 0.6 is 0 Å². The summed E-state index contributed by atoms with van der Waals surface area (Å²) >= 11 is 0. The maximum atomic E-state index is 2.57. The van der Waals surface area contributed by atoms with Gasteiger partial charge in [-0.05, 0) is 108 Å². The van der Waals surface area contributed by atoms with E-state index in [0.717, 1.165) is 11.4 Å². The lowest BCUT2D eigenvalue weighted by atomic mass is 9.77. The molecule has 0 aromatic heterocycles. The summed E-state index contributed by atoms with van der Waals surface area (Å²) in [5.41, 5.74) is 16.9. The van der Waals surface area contributed by atoms with Gasteiger partial charge in [0.05, 0.1) is 5.69 Å². The van der Waals surface area contributed by atoms with Crippen LogP contribution in [0.1, 0.15) is 49.9 Å². The van der Waals surface area contributed by atoms with Gasteiger partial charge >= 0.3 is 0 Å². The molecule has 55 heavy (non-hydrogen) atoms. The number of fused-ring (bicyclic) bond motifs is 11. The summed E-state index contributed by atoms with van der Waals surface area (Å²) in [4.78, 5) is 2.45. The fraction of sp³-hybridized carbons (Fsp3) is 0.111. The SMILES string of the molecule is CC1(C)c2ccccc2-c2c1ccc1c(-c3c4ccccc4c(N(c4ccccc4)c4ccccc4)c4ccccc34)cc3c(c21)-c1ccccc1C3(C)C. The van der Waals surface area contributed by atoms with Gasteiger partial charge in [0.15, 0.2) is 0 Å². The summed E-state index contributed by atoms with van der Waals surface area (Å²) in [6.07, 6.45) is 0. The minimum absolute atomic E-state index is 0.101. The summed E-state index contributed by atoms with van der Waals surface area (Å²) in [7, 11) is 0. The van der Waals surface area contributed by atoms with Crippen molar-refractivity contribution in [3.8, 4) is 33.4 Å².